The predicted molar refractivity (Wildman–Crippen MR) is 94.0 cm³/mol. The van der Waals surface area contributed by atoms with E-state index in [1.807, 2.05) is 0 Å². The van der Waals surface area contributed by atoms with Crippen molar-refractivity contribution in [1.82, 2.24) is 19.5 Å². The van der Waals surface area contributed by atoms with Crippen molar-refractivity contribution in [2.45, 2.75) is 56.3 Å². The normalized spacial score (nSPS) is 38.1. The Bertz CT molecular complexity index is 913. The van der Waals surface area contributed by atoms with Crippen LogP contribution in [0.3, 0.4) is 0 Å². The van der Waals surface area contributed by atoms with Crippen LogP contribution in [0.15, 0.2) is 11.1 Å². The van der Waals surface area contributed by atoms with Crippen molar-refractivity contribution in [2.75, 3.05) is 11.9 Å². The minimum Gasteiger partial charge on any atom is -0.394 e. The summed E-state index contributed by atoms with van der Waals surface area (Å²) < 4.78 is 6.97. The number of aromatic nitrogens is 4. The van der Waals surface area contributed by atoms with Crippen LogP contribution < -0.4 is 11.0 Å². The Morgan fingerprint density at radius 2 is 2.15 bits per heavy atom. The first-order valence-corrected chi connectivity index (χ1v) is 9.41. The second-order valence-corrected chi connectivity index (χ2v) is 7.90. The summed E-state index contributed by atoms with van der Waals surface area (Å²) in [4.78, 5) is 23.2. The number of nitrogens with one attached hydrogen (secondary N) is 2. The molecule has 2 aliphatic carbocycles. The zero-order valence-corrected chi connectivity index (χ0v) is 14.7. The van der Waals surface area contributed by atoms with Gasteiger partial charge in [-0.25, -0.2) is 9.78 Å². The first-order chi connectivity index (χ1) is 13.0. The molecule has 0 spiro atoms. The number of H-pyrrole nitrogens is 1. The molecule has 2 aromatic rings. The van der Waals surface area contributed by atoms with Crippen molar-refractivity contribution in [2.24, 2.45) is 11.8 Å². The summed E-state index contributed by atoms with van der Waals surface area (Å²) in [5.74, 6) is 1.89. The monoisotopic (exact) mass is 377 g/mol. The Balaban J connectivity index is 1.49. The maximum atomic E-state index is 12.1. The first-order valence-electron chi connectivity index (χ1n) is 9.41. The van der Waals surface area contributed by atoms with Gasteiger partial charge < -0.3 is 25.4 Å². The highest BCUT2D eigenvalue weighted by atomic mass is 16.6. The zero-order chi connectivity index (χ0) is 18.7. The summed E-state index contributed by atoms with van der Waals surface area (Å²) in [6, 6.07) is 0.309. The molecule has 5 N–H and O–H groups in total. The molecule has 0 amide bonds. The number of fused-ring (bicyclic) bond motifs is 3. The average Bonchev–Trinajstić information content (AvgIpc) is 3.41. The number of imidazole rings is 1. The minimum absolute atomic E-state index is 0.263. The number of ether oxygens (including phenoxy) is 1. The Hall–Kier alpha value is -2.01. The summed E-state index contributed by atoms with van der Waals surface area (Å²) in [5.41, 5.74) is 0.219. The van der Waals surface area contributed by atoms with Gasteiger partial charge in [0.1, 0.15) is 29.6 Å². The number of aliphatic hydroxyl groups excluding tert-OH is 3. The molecule has 2 bridgehead atoms. The van der Waals surface area contributed by atoms with Crippen molar-refractivity contribution >= 4 is 17.0 Å². The van der Waals surface area contributed by atoms with Crippen LogP contribution in [0, 0.1) is 11.8 Å². The van der Waals surface area contributed by atoms with Gasteiger partial charge in [0.2, 0.25) is 0 Å². The fourth-order valence-electron chi connectivity index (χ4n) is 4.94. The quantitative estimate of drug-likeness (QED) is 0.472. The van der Waals surface area contributed by atoms with E-state index in [-0.39, 0.29) is 5.65 Å². The summed E-state index contributed by atoms with van der Waals surface area (Å²) in [5, 5.41) is 33.0. The lowest BCUT2D eigenvalue weighted by Gasteiger charge is -2.23. The average molecular weight is 377 g/mol. The van der Waals surface area contributed by atoms with Gasteiger partial charge in [-0.3, -0.25) is 9.55 Å². The molecule has 3 fully saturated rings. The van der Waals surface area contributed by atoms with Crippen LogP contribution in [0.1, 0.15) is 31.9 Å². The maximum absolute atomic E-state index is 12.1. The largest absolute Gasteiger partial charge is 0.394 e. The molecule has 0 radical (unpaired) electrons. The highest BCUT2D eigenvalue weighted by Crippen LogP contribution is 2.45. The van der Waals surface area contributed by atoms with Gasteiger partial charge in [-0.2, -0.15) is 4.98 Å². The molecule has 1 aliphatic heterocycles. The molecule has 3 heterocycles. The number of anilines is 1. The molecule has 1 saturated heterocycles. The molecule has 7 atom stereocenters. The van der Waals surface area contributed by atoms with E-state index in [4.69, 9.17) is 4.74 Å². The van der Waals surface area contributed by atoms with Crippen molar-refractivity contribution in [1.29, 1.82) is 0 Å². The maximum Gasteiger partial charge on any atom is 0.348 e. The van der Waals surface area contributed by atoms with Gasteiger partial charge in [-0.15, -0.1) is 0 Å². The van der Waals surface area contributed by atoms with Crippen LogP contribution >= 0.6 is 0 Å². The van der Waals surface area contributed by atoms with Crippen LogP contribution in [0.25, 0.3) is 11.2 Å². The fourth-order valence-corrected chi connectivity index (χ4v) is 4.94. The van der Waals surface area contributed by atoms with Gasteiger partial charge in [0.05, 0.1) is 12.9 Å². The van der Waals surface area contributed by atoms with Gasteiger partial charge in [0.25, 0.3) is 0 Å². The molecule has 0 aromatic carbocycles. The van der Waals surface area contributed by atoms with Crippen molar-refractivity contribution in [3.63, 3.8) is 0 Å². The minimum atomic E-state index is -1.26. The van der Waals surface area contributed by atoms with E-state index < -0.39 is 36.8 Å². The molecule has 10 nitrogen and oxygen atoms in total. The van der Waals surface area contributed by atoms with Gasteiger partial charge in [0, 0.05) is 6.04 Å². The lowest BCUT2D eigenvalue weighted by atomic mass is 9.95. The van der Waals surface area contributed by atoms with E-state index in [2.05, 4.69) is 20.3 Å². The van der Waals surface area contributed by atoms with Gasteiger partial charge in [-0.05, 0) is 31.1 Å². The van der Waals surface area contributed by atoms with E-state index in [0.29, 0.717) is 23.3 Å². The van der Waals surface area contributed by atoms with Crippen molar-refractivity contribution in [3.05, 3.63) is 16.8 Å². The molecule has 5 rings (SSSR count). The smallest absolute Gasteiger partial charge is 0.348 e. The van der Waals surface area contributed by atoms with Crippen LogP contribution in [-0.2, 0) is 4.74 Å². The fraction of sp³-hybridized carbons (Fsp3) is 0.706. The lowest BCUT2D eigenvalue weighted by Crippen LogP contribution is -2.33. The third-order valence-electron chi connectivity index (χ3n) is 6.30. The molecule has 10 heteroatoms. The predicted octanol–water partition coefficient (Wildman–Crippen LogP) is -0.668. The molecule has 0 unspecified atom stereocenters. The molecular weight excluding hydrogens is 354 g/mol. The number of aliphatic hydroxyl groups is 3. The highest BCUT2D eigenvalue weighted by Gasteiger charge is 2.44. The van der Waals surface area contributed by atoms with Crippen LogP contribution in [0.4, 0.5) is 5.82 Å². The Morgan fingerprint density at radius 1 is 1.30 bits per heavy atom. The first kappa shape index (κ1) is 17.1. The van der Waals surface area contributed by atoms with Crippen LogP contribution in [-0.4, -0.2) is 65.8 Å². The van der Waals surface area contributed by atoms with Gasteiger partial charge in [-0.1, -0.05) is 6.42 Å². The van der Waals surface area contributed by atoms with Gasteiger partial charge >= 0.3 is 5.69 Å². The Kier molecular flexibility index (Phi) is 3.97. The lowest BCUT2D eigenvalue weighted by molar-refractivity contribution is -0.0511. The SMILES string of the molecule is O=c1nc2c(ncn2[C@@H]2O[C@H](CO)[C@@H](O)[C@H]2O)c(N[C@H]2C[C@H]3CC[C@@H]2C3)[nH]1. The number of hydrogen-bond acceptors (Lipinski definition) is 8. The van der Waals surface area contributed by atoms with Crippen molar-refractivity contribution < 1.29 is 20.1 Å². The van der Waals surface area contributed by atoms with Gasteiger partial charge in [0.15, 0.2) is 11.9 Å². The summed E-state index contributed by atoms with van der Waals surface area (Å²) in [6.45, 7) is -0.424. The second kappa shape index (κ2) is 6.26. The standard InChI is InChI=1S/C17H23N5O5/c23-5-10-12(24)13(25)16(27-10)22-6-18-11-14(20-17(26)21-15(11)22)19-9-4-7-1-2-8(9)3-7/h6-10,12-13,16,23-25H,1-5H2,(H2,19,20,21,26)/t7-,8+,9-,10+,12+,13+,16+/m0/s1. The van der Waals surface area contributed by atoms with E-state index in [0.717, 1.165) is 12.3 Å². The Morgan fingerprint density at radius 3 is 2.81 bits per heavy atom. The third kappa shape index (κ3) is 2.66. The van der Waals surface area contributed by atoms with E-state index >= 15 is 0 Å². The zero-order valence-electron chi connectivity index (χ0n) is 14.7. The summed E-state index contributed by atoms with van der Waals surface area (Å²) in [6.07, 6.45) is 1.86. The molecule has 2 aromatic heterocycles. The van der Waals surface area contributed by atoms with Crippen molar-refractivity contribution in [3.8, 4) is 0 Å². The van der Waals surface area contributed by atoms with Crippen LogP contribution in [0.5, 0.6) is 0 Å². The Labute approximate surface area is 154 Å². The third-order valence-corrected chi connectivity index (χ3v) is 6.30. The molecule has 3 aliphatic rings. The van der Waals surface area contributed by atoms with Crippen LogP contribution in [0.2, 0.25) is 0 Å². The highest BCUT2D eigenvalue weighted by molar-refractivity contribution is 5.82. The van der Waals surface area contributed by atoms with E-state index in [1.165, 1.54) is 30.2 Å². The molecule has 27 heavy (non-hydrogen) atoms. The topological polar surface area (TPSA) is 146 Å². The molecular formula is C17H23N5O5. The number of aromatic amines is 1. The van der Waals surface area contributed by atoms with E-state index in [9.17, 15) is 20.1 Å². The number of nitrogens with zero attached hydrogens (tertiary/aromatic N) is 3. The summed E-state index contributed by atoms with van der Waals surface area (Å²) in [7, 11) is 0. The number of rotatable bonds is 4. The van der Waals surface area contributed by atoms with E-state index in [1.54, 1.807) is 0 Å². The molecule has 2 saturated carbocycles. The second-order valence-electron chi connectivity index (χ2n) is 7.90. The molecule has 146 valence electrons. The summed E-state index contributed by atoms with van der Waals surface area (Å²) >= 11 is 0. The number of hydrogen-bond donors (Lipinski definition) is 5.